The summed E-state index contributed by atoms with van der Waals surface area (Å²) in [6, 6.07) is 6.56. The van der Waals surface area contributed by atoms with E-state index in [4.69, 9.17) is 5.73 Å². The van der Waals surface area contributed by atoms with Gasteiger partial charge in [0.1, 0.15) is 11.6 Å². The average Bonchev–Trinajstić information content (AvgIpc) is 2.32. The average molecular weight is 297 g/mol. The topological polar surface area (TPSA) is 63.8 Å². The minimum absolute atomic E-state index is 0.171. The molecule has 0 aliphatic rings. The highest BCUT2D eigenvalue weighted by Crippen LogP contribution is 2.20. The van der Waals surface area contributed by atoms with Gasteiger partial charge in [0.05, 0.1) is 4.47 Å². The first-order valence-electron chi connectivity index (χ1n) is 4.92. The number of hydrogen-bond acceptors (Lipinski definition) is 4. The lowest BCUT2D eigenvalue weighted by atomic mass is 10.2. The van der Waals surface area contributed by atoms with Crippen LogP contribution in [0.3, 0.4) is 0 Å². The minimum atomic E-state index is -0.252. The summed E-state index contributed by atoms with van der Waals surface area (Å²) in [5.41, 5.74) is 6.04. The number of nitrogens with zero attached hydrogens (tertiary/aromatic N) is 2. The van der Waals surface area contributed by atoms with Crippen LogP contribution in [-0.4, -0.2) is 9.97 Å². The van der Waals surface area contributed by atoms with Crippen molar-refractivity contribution in [3.8, 4) is 0 Å². The SMILES string of the molecule is Nc1ncc(Br)c(NCc2ccccc2F)n1. The summed E-state index contributed by atoms with van der Waals surface area (Å²) in [7, 11) is 0. The number of rotatable bonds is 3. The van der Waals surface area contributed by atoms with Crippen LogP contribution in [0, 0.1) is 5.82 Å². The maximum Gasteiger partial charge on any atom is 0.221 e. The van der Waals surface area contributed by atoms with Crippen molar-refractivity contribution < 1.29 is 4.39 Å². The number of halogens is 2. The number of nitrogen functional groups attached to an aromatic ring is 1. The summed E-state index contributed by atoms with van der Waals surface area (Å²) in [5, 5.41) is 2.99. The van der Waals surface area contributed by atoms with Crippen LogP contribution in [0.25, 0.3) is 0 Å². The Labute approximate surface area is 106 Å². The van der Waals surface area contributed by atoms with Gasteiger partial charge in [0.2, 0.25) is 5.95 Å². The molecule has 0 saturated heterocycles. The lowest BCUT2D eigenvalue weighted by Gasteiger charge is -2.08. The van der Waals surface area contributed by atoms with Gasteiger partial charge in [0.15, 0.2) is 0 Å². The number of nitrogens with one attached hydrogen (secondary N) is 1. The molecule has 88 valence electrons. The van der Waals surface area contributed by atoms with Crippen molar-refractivity contribution in [2.24, 2.45) is 0 Å². The molecule has 0 fully saturated rings. The number of anilines is 2. The van der Waals surface area contributed by atoms with Gasteiger partial charge in [-0.05, 0) is 22.0 Å². The van der Waals surface area contributed by atoms with E-state index in [2.05, 4.69) is 31.2 Å². The summed E-state index contributed by atoms with van der Waals surface area (Å²) in [6.45, 7) is 0.335. The highest BCUT2D eigenvalue weighted by atomic mass is 79.9. The molecule has 3 N–H and O–H groups in total. The van der Waals surface area contributed by atoms with Gasteiger partial charge >= 0.3 is 0 Å². The van der Waals surface area contributed by atoms with E-state index in [0.717, 1.165) is 0 Å². The molecule has 1 aromatic carbocycles. The maximum absolute atomic E-state index is 13.4. The van der Waals surface area contributed by atoms with Gasteiger partial charge < -0.3 is 11.1 Å². The maximum atomic E-state index is 13.4. The zero-order chi connectivity index (χ0) is 12.3. The van der Waals surface area contributed by atoms with Gasteiger partial charge in [0, 0.05) is 18.3 Å². The van der Waals surface area contributed by atoms with E-state index in [1.807, 2.05) is 0 Å². The van der Waals surface area contributed by atoms with Crippen molar-refractivity contribution in [2.45, 2.75) is 6.54 Å². The molecule has 0 amide bonds. The van der Waals surface area contributed by atoms with E-state index < -0.39 is 0 Å². The van der Waals surface area contributed by atoms with Crippen LogP contribution in [0.2, 0.25) is 0 Å². The molecular weight excluding hydrogens is 287 g/mol. The van der Waals surface area contributed by atoms with E-state index in [-0.39, 0.29) is 11.8 Å². The normalized spacial score (nSPS) is 10.2. The molecule has 6 heteroatoms. The first-order valence-corrected chi connectivity index (χ1v) is 5.71. The Morgan fingerprint density at radius 3 is 2.88 bits per heavy atom. The number of nitrogens with two attached hydrogens (primary N) is 1. The fourth-order valence-corrected chi connectivity index (χ4v) is 1.66. The summed E-state index contributed by atoms with van der Waals surface area (Å²) in [5.74, 6) is 0.461. The molecule has 4 nitrogen and oxygen atoms in total. The molecule has 1 aromatic heterocycles. The van der Waals surface area contributed by atoms with Crippen molar-refractivity contribution in [1.29, 1.82) is 0 Å². The molecule has 0 bridgehead atoms. The number of hydrogen-bond donors (Lipinski definition) is 2. The van der Waals surface area contributed by atoms with Crippen LogP contribution in [0.5, 0.6) is 0 Å². The third-order valence-corrected chi connectivity index (χ3v) is 2.75. The third-order valence-electron chi connectivity index (χ3n) is 2.17. The second-order valence-electron chi connectivity index (χ2n) is 3.37. The summed E-state index contributed by atoms with van der Waals surface area (Å²) >= 11 is 3.29. The Morgan fingerprint density at radius 2 is 2.12 bits per heavy atom. The third kappa shape index (κ3) is 2.91. The molecule has 0 radical (unpaired) electrons. The Kier molecular flexibility index (Phi) is 3.53. The fraction of sp³-hybridized carbons (Fsp3) is 0.0909. The van der Waals surface area contributed by atoms with Crippen molar-refractivity contribution in [1.82, 2.24) is 9.97 Å². The van der Waals surface area contributed by atoms with E-state index in [1.54, 1.807) is 24.4 Å². The smallest absolute Gasteiger partial charge is 0.221 e. The predicted octanol–water partition coefficient (Wildman–Crippen LogP) is 2.57. The van der Waals surface area contributed by atoms with E-state index >= 15 is 0 Å². The quantitative estimate of drug-likeness (QED) is 0.914. The lowest BCUT2D eigenvalue weighted by molar-refractivity contribution is 0.613. The van der Waals surface area contributed by atoms with Gasteiger partial charge in [0.25, 0.3) is 0 Å². The van der Waals surface area contributed by atoms with Crippen molar-refractivity contribution >= 4 is 27.7 Å². The van der Waals surface area contributed by atoms with E-state index in [1.165, 1.54) is 6.07 Å². The van der Waals surface area contributed by atoms with Crippen LogP contribution in [0.15, 0.2) is 34.9 Å². The summed E-state index contributed by atoms with van der Waals surface area (Å²) in [4.78, 5) is 7.82. The Balaban J connectivity index is 2.12. The van der Waals surface area contributed by atoms with Gasteiger partial charge in [-0.2, -0.15) is 4.98 Å². The van der Waals surface area contributed by atoms with Crippen LogP contribution in [0.4, 0.5) is 16.2 Å². The number of aromatic nitrogens is 2. The largest absolute Gasteiger partial charge is 0.368 e. The monoisotopic (exact) mass is 296 g/mol. The Morgan fingerprint density at radius 1 is 1.35 bits per heavy atom. The van der Waals surface area contributed by atoms with Crippen LogP contribution >= 0.6 is 15.9 Å². The van der Waals surface area contributed by atoms with Gasteiger partial charge in [-0.15, -0.1) is 0 Å². The van der Waals surface area contributed by atoms with Gasteiger partial charge in [-0.1, -0.05) is 18.2 Å². The van der Waals surface area contributed by atoms with E-state index in [9.17, 15) is 4.39 Å². The molecule has 1 heterocycles. The molecule has 0 aliphatic heterocycles. The molecule has 0 saturated carbocycles. The Hall–Kier alpha value is -1.69. The van der Waals surface area contributed by atoms with Crippen molar-refractivity contribution in [2.75, 3.05) is 11.1 Å². The first kappa shape index (κ1) is 11.8. The molecule has 17 heavy (non-hydrogen) atoms. The lowest BCUT2D eigenvalue weighted by Crippen LogP contribution is -2.06. The molecule has 0 spiro atoms. The van der Waals surface area contributed by atoms with Crippen molar-refractivity contribution in [3.63, 3.8) is 0 Å². The second-order valence-corrected chi connectivity index (χ2v) is 4.22. The van der Waals surface area contributed by atoms with Gasteiger partial charge in [-0.3, -0.25) is 0 Å². The highest BCUT2D eigenvalue weighted by Gasteiger charge is 2.05. The van der Waals surface area contributed by atoms with E-state index in [0.29, 0.717) is 22.4 Å². The predicted molar refractivity (Wildman–Crippen MR) is 67.9 cm³/mol. The first-order chi connectivity index (χ1) is 8.16. The second kappa shape index (κ2) is 5.09. The molecule has 0 atom stereocenters. The number of benzene rings is 1. The fourth-order valence-electron chi connectivity index (χ4n) is 1.33. The summed E-state index contributed by atoms with van der Waals surface area (Å²) < 4.78 is 14.0. The van der Waals surface area contributed by atoms with Crippen LogP contribution in [-0.2, 0) is 6.54 Å². The molecular formula is C11H10BrFN4. The van der Waals surface area contributed by atoms with Crippen LogP contribution in [0.1, 0.15) is 5.56 Å². The molecule has 0 unspecified atom stereocenters. The van der Waals surface area contributed by atoms with Crippen molar-refractivity contribution in [3.05, 3.63) is 46.3 Å². The zero-order valence-electron chi connectivity index (χ0n) is 8.82. The summed E-state index contributed by atoms with van der Waals surface area (Å²) in [6.07, 6.45) is 1.55. The minimum Gasteiger partial charge on any atom is -0.368 e. The highest BCUT2D eigenvalue weighted by molar-refractivity contribution is 9.10. The molecule has 2 aromatic rings. The molecule has 2 rings (SSSR count). The standard InChI is InChI=1S/C11H10BrFN4/c12-8-6-16-11(14)17-10(8)15-5-7-3-1-2-4-9(7)13/h1-4,6H,5H2,(H3,14,15,16,17). The zero-order valence-corrected chi connectivity index (χ0v) is 10.4. The van der Waals surface area contributed by atoms with Gasteiger partial charge in [-0.25, -0.2) is 9.37 Å². The molecule has 0 aliphatic carbocycles. The van der Waals surface area contributed by atoms with Crippen LogP contribution < -0.4 is 11.1 Å². The Bertz CT molecular complexity index is 533.